The summed E-state index contributed by atoms with van der Waals surface area (Å²) in [5.74, 6) is 0. The second kappa shape index (κ2) is 5.30. The number of aryl methyl sites for hydroxylation is 3. The van der Waals surface area contributed by atoms with E-state index >= 15 is 0 Å². The van der Waals surface area contributed by atoms with Gasteiger partial charge >= 0.3 is 0 Å². The van der Waals surface area contributed by atoms with Gasteiger partial charge in [-0.25, -0.2) is 4.52 Å². The first-order chi connectivity index (χ1) is 10.1. The van der Waals surface area contributed by atoms with Gasteiger partial charge in [0.25, 0.3) is 0 Å². The molecule has 0 aliphatic carbocycles. The van der Waals surface area contributed by atoms with Crippen LogP contribution in [0, 0.1) is 20.8 Å². The molecule has 1 atom stereocenters. The second-order valence-electron chi connectivity index (χ2n) is 5.69. The maximum atomic E-state index is 6.43. The highest BCUT2D eigenvalue weighted by Crippen LogP contribution is 2.24. The van der Waals surface area contributed by atoms with Crippen LogP contribution >= 0.6 is 0 Å². The van der Waals surface area contributed by atoms with Crippen LogP contribution in [0.4, 0.5) is 0 Å². The van der Waals surface area contributed by atoms with Crippen molar-refractivity contribution < 1.29 is 0 Å². The molecule has 0 bridgehead atoms. The lowest BCUT2D eigenvalue weighted by molar-refractivity contribution is 0.720. The average molecular weight is 280 g/mol. The van der Waals surface area contributed by atoms with E-state index in [2.05, 4.69) is 43.0 Å². The van der Waals surface area contributed by atoms with Gasteiger partial charge in [0.05, 0.1) is 17.9 Å². The number of rotatable bonds is 3. The summed E-state index contributed by atoms with van der Waals surface area (Å²) < 4.78 is 1.82. The molecule has 2 heterocycles. The van der Waals surface area contributed by atoms with E-state index in [1.165, 1.54) is 22.3 Å². The molecular formula is C17H20N4. The van der Waals surface area contributed by atoms with Crippen molar-refractivity contribution in [1.82, 2.24) is 14.6 Å². The lowest BCUT2D eigenvalue weighted by Crippen LogP contribution is -2.14. The summed E-state index contributed by atoms with van der Waals surface area (Å²) in [4.78, 5) is 4.17. The molecule has 0 fully saturated rings. The van der Waals surface area contributed by atoms with Crippen molar-refractivity contribution in [2.45, 2.75) is 33.2 Å². The first-order valence-corrected chi connectivity index (χ1v) is 7.16. The number of nitrogens with two attached hydrogens (primary N) is 1. The molecule has 0 amide bonds. The Labute approximate surface area is 124 Å². The van der Waals surface area contributed by atoms with Crippen molar-refractivity contribution in [3.8, 4) is 0 Å². The Morgan fingerprint density at radius 2 is 1.86 bits per heavy atom. The van der Waals surface area contributed by atoms with Crippen molar-refractivity contribution in [1.29, 1.82) is 0 Å². The molecule has 2 aromatic heterocycles. The molecule has 1 unspecified atom stereocenters. The van der Waals surface area contributed by atoms with Gasteiger partial charge in [-0.3, -0.25) is 4.98 Å². The zero-order valence-electron chi connectivity index (χ0n) is 12.7. The molecule has 0 aliphatic rings. The van der Waals surface area contributed by atoms with Crippen LogP contribution in [0.25, 0.3) is 5.52 Å². The largest absolute Gasteiger partial charge is 0.324 e. The number of benzene rings is 1. The topological polar surface area (TPSA) is 56.2 Å². The molecule has 0 spiro atoms. The summed E-state index contributed by atoms with van der Waals surface area (Å²) in [5.41, 5.74) is 13.7. The van der Waals surface area contributed by atoms with E-state index < -0.39 is 0 Å². The van der Waals surface area contributed by atoms with Crippen LogP contribution in [-0.4, -0.2) is 14.6 Å². The second-order valence-corrected chi connectivity index (χ2v) is 5.69. The van der Waals surface area contributed by atoms with Crippen LogP contribution in [0.3, 0.4) is 0 Å². The molecule has 2 N–H and O–H groups in total. The summed E-state index contributed by atoms with van der Waals surface area (Å²) in [6.07, 6.45) is 8.04. The van der Waals surface area contributed by atoms with E-state index in [4.69, 9.17) is 5.73 Å². The Morgan fingerprint density at radius 3 is 2.57 bits per heavy atom. The zero-order valence-corrected chi connectivity index (χ0v) is 12.7. The number of nitrogens with zero attached hydrogens (tertiary/aromatic N) is 3. The fourth-order valence-corrected chi connectivity index (χ4v) is 3.00. The van der Waals surface area contributed by atoms with Crippen LogP contribution in [0.15, 0.2) is 36.9 Å². The maximum absolute atomic E-state index is 6.43. The van der Waals surface area contributed by atoms with Gasteiger partial charge in [0, 0.05) is 24.0 Å². The van der Waals surface area contributed by atoms with E-state index in [9.17, 15) is 0 Å². The first kappa shape index (κ1) is 13.8. The number of aromatic nitrogens is 3. The fraction of sp³-hybridized carbons (Fsp3) is 0.294. The molecule has 4 nitrogen and oxygen atoms in total. The fourth-order valence-electron chi connectivity index (χ4n) is 3.00. The molecule has 4 heteroatoms. The smallest absolute Gasteiger partial charge is 0.0892 e. The summed E-state index contributed by atoms with van der Waals surface area (Å²) in [7, 11) is 0. The van der Waals surface area contributed by atoms with Crippen LogP contribution in [-0.2, 0) is 6.42 Å². The van der Waals surface area contributed by atoms with Crippen molar-refractivity contribution in [2.24, 2.45) is 5.73 Å². The molecule has 1 aromatic carbocycles. The molecule has 0 saturated heterocycles. The summed E-state index contributed by atoms with van der Waals surface area (Å²) in [6, 6.07) is 4.35. The molecule has 21 heavy (non-hydrogen) atoms. The molecule has 0 radical (unpaired) electrons. The third kappa shape index (κ3) is 2.54. The molecular weight excluding hydrogens is 260 g/mol. The van der Waals surface area contributed by atoms with Gasteiger partial charge in [0.15, 0.2) is 0 Å². The standard InChI is InChI=1S/C17H20N4/c1-11-6-12(2)14(13(3)7-11)8-16(18)15-9-20-21-5-4-19-10-17(15)21/h4-7,9-10,16H,8,18H2,1-3H3. The van der Waals surface area contributed by atoms with Gasteiger partial charge in [-0.05, 0) is 43.9 Å². The van der Waals surface area contributed by atoms with Crippen molar-refractivity contribution in [2.75, 3.05) is 0 Å². The number of hydrogen-bond acceptors (Lipinski definition) is 3. The number of hydrogen-bond donors (Lipinski definition) is 1. The van der Waals surface area contributed by atoms with Crippen LogP contribution in [0.5, 0.6) is 0 Å². The monoisotopic (exact) mass is 280 g/mol. The Balaban J connectivity index is 1.95. The molecule has 0 aliphatic heterocycles. The van der Waals surface area contributed by atoms with Crippen LogP contribution in [0.2, 0.25) is 0 Å². The number of fused-ring (bicyclic) bond motifs is 1. The first-order valence-electron chi connectivity index (χ1n) is 7.16. The predicted octanol–water partition coefficient (Wildman–Crippen LogP) is 2.90. The van der Waals surface area contributed by atoms with Gasteiger partial charge in [-0.2, -0.15) is 5.10 Å². The highest BCUT2D eigenvalue weighted by Gasteiger charge is 2.15. The van der Waals surface area contributed by atoms with Crippen molar-refractivity contribution >= 4 is 5.52 Å². The zero-order chi connectivity index (χ0) is 15.0. The SMILES string of the molecule is Cc1cc(C)c(CC(N)c2cnn3ccncc23)c(C)c1. The van der Waals surface area contributed by atoms with E-state index in [1.54, 1.807) is 6.20 Å². The summed E-state index contributed by atoms with van der Waals surface area (Å²) in [5, 5.41) is 4.34. The molecule has 0 saturated carbocycles. The van der Waals surface area contributed by atoms with Crippen LogP contribution in [0.1, 0.15) is 33.9 Å². The Bertz CT molecular complexity index is 765. The van der Waals surface area contributed by atoms with Crippen molar-refractivity contribution in [3.05, 3.63) is 64.7 Å². The van der Waals surface area contributed by atoms with E-state index in [1.807, 2.05) is 23.1 Å². The van der Waals surface area contributed by atoms with E-state index in [0.29, 0.717) is 0 Å². The van der Waals surface area contributed by atoms with Gasteiger partial charge in [0.2, 0.25) is 0 Å². The van der Waals surface area contributed by atoms with Gasteiger partial charge in [-0.15, -0.1) is 0 Å². The quantitative estimate of drug-likeness (QED) is 0.802. The van der Waals surface area contributed by atoms with Crippen LogP contribution < -0.4 is 5.73 Å². The Kier molecular flexibility index (Phi) is 3.47. The molecule has 3 rings (SSSR count). The lowest BCUT2D eigenvalue weighted by Gasteiger charge is -2.16. The molecule has 108 valence electrons. The third-order valence-corrected chi connectivity index (χ3v) is 4.02. The Morgan fingerprint density at radius 1 is 1.14 bits per heavy atom. The lowest BCUT2D eigenvalue weighted by atomic mass is 9.92. The normalized spacial score (nSPS) is 12.8. The van der Waals surface area contributed by atoms with Gasteiger partial charge in [0.1, 0.15) is 0 Å². The molecule has 3 aromatic rings. The average Bonchev–Trinajstić information content (AvgIpc) is 2.86. The highest BCUT2D eigenvalue weighted by molar-refractivity contribution is 5.53. The van der Waals surface area contributed by atoms with E-state index in [0.717, 1.165) is 17.5 Å². The summed E-state index contributed by atoms with van der Waals surface area (Å²) in [6.45, 7) is 6.43. The van der Waals surface area contributed by atoms with Crippen molar-refractivity contribution in [3.63, 3.8) is 0 Å². The summed E-state index contributed by atoms with van der Waals surface area (Å²) >= 11 is 0. The van der Waals surface area contributed by atoms with Gasteiger partial charge in [-0.1, -0.05) is 17.7 Å². The third-order valence-electron chi connectivity index (χ3n) is 4.02. The minimum Gasteiger partial charge on any atom is -0.324 e. The minimum atomic E-state index is -0.0770. The van der Waals surface area contributed by atoms with Gasteiger partial charge < -0.3 is 5.73 Å². The minimum absolute atomic E-state index is 0.0770. The highest BCUT2D eigenvalue weighted by atomic mass is 15.2. The maximum Gasteiger partial charge on any atom is 0.0892 e. The predicted molar refractivity (Wildman–Crippen MR) is 84.3 cm³/mol. The van der Waals surface area contributed by atoms with E-state index in [-0.39, 0.29) is 6.04 Å². The Hall–Kier alpha value is -2.20.